The van der Waals surface area contributed by atoms with Gasteiger partial charge in [0.15, 0.2) is 0 Å². The lowest BCUT2D eigenvalue weighted by atomic mass is 10.1. The number of anilines is 3. The molecule has 0 saturated carbocycles. The number of pyridine rings is 1. The van der Waals surface area contributed by atoms with Crippen LogP contribution in [0.1, 0.15) is 0 Å². The van der Waals surface area contributed by atoms with Gasteiger partial charge in [0.05, 0.1) is 12.1 Å². The molecule has 2 heterocycles. The molecule has 37 heavy (non-hydrogen) atoms. The molecule has 1 saturated heterocycles. The molecule has 3 aromatic rings. The highest BCUT2D eigenvalue weighted by Gasteiger charge is 2.40. The Morgan fingerprint density at radius 1 is 1.03 bits per heavy atom. The van der Waals surface area contributed by atoms with Crippen molar-refractivity contribution >= 4 is 51.7 Å². The predicted molar refractivity (Wildman–Crippen MR) is 131 cm³/mol. The molecule has 1 aliphatic rings. The van der Waals surface area contributed by atoms with Gasteiger partial charge in [-0.3, -0.25) is 0 Å². The van der Waals surface area contributed by atoms with Crippen LogP contribution in [0.15, 0.2) is 48.5 Å². The van der Waals surface area contributed by atoms with Gasteiger partial charge in [-0.1, -0.05) is 11.6 Å². The molecule has 13 heteroatoms. The maximum Gasteiger partial charge on any atom is 0.490 e. The number of aromatic nitrogens is 1. The lowest BCUT2D eigenvalue weighted by Crippen LogP contribution is -2.50. The Balaban J connectivity index is 1.42. The fourth-order valence-electron chi connectivity index (χ4n) is 3.83. The summed E-state index contributed by atoms with van der Waals surface area (Å²) in [6, 6.07) is 12.2. The molecular weight excluding hydrogens is 518 g/mol. The third kappa shape index (κ3) is 6.70. The maximum atomic E-state index is 13.1. The van der Waals surface area contributed by atoms with E-state index in [-0.39, 0.29) is 12.6 Å². The Kier molecular flexibility index (Phi) is 7.86. The number of urea groups is 1. The summed E-state index contributed by atoms with van der Waals surface area (Å²) in [7, 11) is 0. The summed E-state index contributed by atoms with van der Waals surface area (Å²) >= 11 is 6.13. The van der Waals surface area contributed by atoms with Crippen molar-refractivity contribution in [1.29, 1.82) is 0 Å². The summed E-state index contributed by atoms with van der Waals surface area (Å²) in [5.41, 5.74) is 1.86. The van der Waals surface area contributed by atoms with Crippen molar-refractivity contribution in [1.82, 2.24) is 9.88 Å². The van der Waals surface area contributed by atoms with Gasteiger partial charge in [-0.05, 0) is 42.5 Å². The Labute approximate surface area is 214 Å². The van der Waals surface area contributed by atoms with Crippen LogP contribution in [0.3, 0.4) is 0 Å². The number of esters is 1. The third-order valence-corrected chi connectivity index (χ3v) is 5.86. The van der Waals surface area contributed by atoms with Gasteiger partial charge < -0.3 is 25.2 Å². The van der Waals surface area contributed by atoms with Crippen molar-refractivity contribution in [3.8, 4) is 0 Å². The lowest BCUT2D eigenvalue weighted by molar-refractivity contribution is -0.199. The van der Waals surface area contributed by atoms with Gasteiger partial charge in [0, 0.05) is 54.0 Å². The van der Waals surface area contributed by atoms with E-state index in [4.69, 9.17) is 11.6 Å². The van der Waals surface area contributed by atoms with E-state index in [1.54, 1.807) is 23.1 Å². The van der Waals surface area contributed by atoms with Crippen LogP contribution in [0.4, 0.5) is 39.5 Å². The molecule has 0 bridgehead atoms. The van der Waals surface area contributed by atoms with Crippen LogP contribution in [-0.2, 0) is 9.53 Å². The second kappa shape index (κ2) is 11.1. The van der Waals surface area contributed by atoms with Crippen LogP contribution >= 0.6 is 11.6 Å². The van der Waals surface area contributed by atoms with Gasteiger partial charge >= 0.3 is 18.2 Å². The van der Waals surface area contributed by atoms with E-state index in [2.05, 4.69) is 25.3 Å². The number of benzene rings is 2. The number of halogens is 5. The van der Waals surface area contributed by atoms with Crippen molar-refractivity contribution < 1.29 is 31.9 Å². The Hall–Kier alpha value is -3.80. The Morgan fingerprint density at radius 2 is 1.73 bits per heavy atom. The van der Waals surface area contributed by atoms with Crippen LogP contribution < -0.4 is 15.5 Å². The minimum atomic E-state index is -5.05. The molecule has 0 spiro atoms. The van der Waals surface area contributed by atoms with Crippen molar-refractivity contribution in [2.24, 2.45) is 0 Å². The molecule has 2 aromatic carbocycles. The molecular formula is C24H22ClF4N5O3. The molecule has 1 fully saturated rings. The number of piperazine rings is 1. The number of amides is 2. The Bertz CT molecular complexity index is 1280. The number of carbonyl (C=O) groups excluding carboxylic acids is 2. The van der Waals surface area contributed by atoms with Gasteiger partial charge in [0.2, 0.25) is 0 Å². The third-order valence-electron chi connectivity index (χ3n) is 5.63. The fraction of sp³-hybridized carbons (Fsp3) is 0.292. The molecule has 196 valence electrons. The number of hydrogen-bond donors (Lipinski definition) is 2. The summed E-state index contributed by atoms with van der Waals surface area (Å²) in [4.78, 5) is 31.7. The molecule has 1 aromatic heterocycles. The van der Waals surface area contributed by atoms with Crippen LogP contribution in [0.2, 0.25) is 5.02 Å². The largest absolute Gasteiger partial charge is 0.490 e. The first-order valence-corrected chi connectivity index (χ1v) is 11.6. The molecule has 1 aliphatic heterocycles. The quantitative estimate of drug-likeness (QED) is 0.263. The lowest BCUT2D eigenvalue weighted by Gasteiger charge is -2.36. The molecule has 0 atom stereocenters. The Morgan fingerprint density at radius 3 is 2.41 bits per heavy atom. The number of ether oxygens (including phenoxy) is 1. The topological polar surface area (TPSA) is 86.8 Å². The zero-order valence-electron chi connectivity index (χ0n) is 19.3. The first kappa shape index (κ1) is 26.3. The zero-order chi connectivity index (χ0) is 26.6. The van der Waals surface area contributed by atoms with E-state index in [1.807, 2.05) is 6.07 Å². The van der Waals surface area contributed by atoms with Gasteiger partial charge in [-0.2, -0.15) is 13.2 Å². The first-order chi connectivity index (χ1) is 17.6. The minimum Gasteiger partial charge on any atom is -0.457 e. The smallest absolute Gasteiger partial charge is 0.457 e. The first-order valence-electron chi connectivity index (χ1n) is 11.2. The molecule has 8 nitrogen and oxygen atoms in total. The summed E-state index contributed by atoms with van der Waals surface area (Å²) in [5, 5.41) is 6.89. The standard InChI is InChI=1S/C24H22ClF4N5O3/c25-15-1-6-18-19(13-15)32-21(30-7-12-37-22(35)24(27,28)29)14-20(18)33-8-10-34(11-9-33)23(36)31-17-4-2-16(26)3-5-17/h1-6,13-14H,7-12H2,(H,30,32)(H,31,36). The number of nitrogens with zero attached hydrogens (tertiary/aromatic N) is 3. The highest BCUT2D eigenvalue weighted by Crippen LogP contribution is 2.31. The van der Waals surface area contributed by atoms with E-state index in [0.29, 0.717) is 48.2 Å². The predicted octanol–water partition coefficient (Wildman–Crippen LogP) is 4.90. The van der Waals surface area contributed by atoms with Crippen molar-refractivity contribution in [3.63, 3.8) is 0 Å². The molecule has 0 unspecified atom stereocenters. The molecule has 2 N–H and O–H groups in total. The normalized spacial score (nSPS) is 14.0. The van der Waals surface area contributed by atoms with Crippen molar-refractivity contribution in [2.75, 3.05) is 54.9 Å². The van der Waals surface area contributed by atoms with E-state index in [0.717, 1.165) is 11.1 Å². The van der Waals surface area contributed by atoms with Crippen LogP contribution in [0, 0.1) is 5.82 Å². The highest BCUT2D eigenvalue weighted by atomic mass is 35.5. The fourth-order valence-corrected chi connectivity index (χ4v) is 3.99. The maximum absolute atomic E-state index is 13.1. The average molecular weight is 540 g/mol. The molecule has 4 rings (SSSR count). The minimum absolute atomic E-state index is 0.0856. The summed E-state index contributed by atoms with van der Waals surface area (Å²) in [6.07, 6.45) is -5.05. The van der Waals surface area contributed by atoms with Gasteiger partial charge in [-0.25, -0.2) is 19.0 Å². The van der Waals surface area contributed by atoms with E-state index < -0.39 is 24.6 Å². The van der Waals surface area contributed by atoms with E-state index in [1.165, 1.54) is 24.3 Å². The van der Waals surface area contributed by atoms with Crippen LogP contribution in [0.5, 0.6) is 0 Å². The van der Waals surface area contributed by atoms with Gasteiger partial charge in [0.25, 0.3) is 0 Å². The number of alkyl halides is 3. The second-order valence-electron chi connectivity index (χ2n) is 8.16. The zero-order valence-corrected chi connectivity index (χ0v) is 20.1. The van der Waals surface area contributed by atoms with Crippen LogP contribution in [-0.4, -0.2) is 67.4 Å². The molecule has 0 radical (unpaired) electrons. The molecule has 0 aliphatic carbocycles. The number of fused-ring (bicyclic) bond motifs is 1. The summed E-state index contributed by atoms with van der Waals surface area (Å²) in [5.74, 6) is -2.28. The SMILES string of the molecule is O=C(Nc1ccc(F)cc1)N1CCN(c2cc(NCCOC(=O)C(F)(F)F)nc3cc(Cl)ccc23)CC1. The number of nitrogens with one attached hydrogen (secondary N) is 2. The summed E-state index contributed by atoms with van der Waals surface area (Å²) in [6.45, 7) is 1.26. The van der Waals surface area contributed by atoms with Gasteiger partial charge in [0.1, 0.15) is 18.2 Å². The van der Waals surface area contributed by atoms with Crippen molar-refractivity contribution in [3.05, 3.63) is 59.4 Å². The summed E-state index contributed by atoms with van der Waals surface area (Å²) < 4.78 is 54.2. The van der Waals surface area contributed by atoms with Gasteiger partial charge in [-0.15, -0.1) is 0 Å². The monoisotopic (exact) mass is 539 g/mol. The van der Waals surface area contributed by atoms with E-state index in [9.17, 15) is 27.2 Å². The highest BCUT2D eigenvalue weighted by molar-refractivity contribution is 6.31. The number of rotatable bonds is 6. The van der Waals surface area contributed by atoms with Crippen molar-refractivity contribution in [2.45, 2.75) is 6.18 Å². The number of hydrogen-bond acceptors (Lipinski definition) is 6. The van der Waals surface area contributed by atoms with Crippen LogP contribution in [0.25, 0.3) is 10.9 Å². The molecule has 2 amide bonds. The number of carbonyl (C=O) groups is 2. The van der Waals surface area contributed by atoms with E-state index >= 15 is 0 Å². The average Bonchev–Trinajstić information content (AvgIpc) is 2.86. The second-order valence-corrected chi connectivity index (χ2v) is 8.60.